The minimum atomic E-state index is 0.150. The molecule has 0 saturated heterocycles. The van der Waals surface area contributed by atoms with E-state index in [9.17, 15) is 0 Å². The third kappa shape index (κ3) is 4.43. The van der Waals surface area contributed by atoms with Crippen LogP contribution in [0.5, 0.6) is 0 Å². The fourth-order valence-electron chi connectivity index (χ4n) is 2.03. The molecule has 1 aromatic carbocycles. The van der Waals surface area contributed by atoms with Gasteiger partial charge in [-0.05, 0) is 49.9 Å². The summed E-state index contributed by atoms with van der Waals surface area (Å²) in [6.45, 7) is 11.1. The summed E-state index contributed by atoms with van der Waals surface area (Å²) in [6.07, 6.45) is 1.93. The van der Waals surface area contributed by atoms with Crippen molar-refractivity contribution in [2.24, 2.45) is 0 Å². The highest BCUT2D eigenvalue weighted by Gasteiger charge is 2.20. The third-order valence-electron chi connectivity index (χ3n) is 3.62. The summed E-state index contributed by atoms with van der Waals surface area (Å²) in [5.74, 6) is 0. The van der Waals surface area contributed by atoms with Gasteiger partial charge in [0.05, 0.1) is 0 Å². The van der Waals surface area contributed by atoms with Crippen LogP contribution in [0.25, 0.3) is 0 Å². The zero-order valence-electron chi connectivity index (χ0n) is 12.2. The highest BCUT2D eigenvalue weighted by Crippen LogP contribution is 2.24. The van der Waals surface area contributed by atoms with Gasteiger partial charge in [-0.25, -0.2) is 0 Å². The molecular formula is C16H27NO. The highest BCUT2D eigenvalue weighted by atomic mass is 16.2. The Bertz CT molecular complexity index is 371. The number of hydrogen-bond acceptors (Lipinski definition) is 2. The lowest BCUT2D eigenvalue weighted by atomic mass is 9.83. The molecule has 18 heavy (non-hydrogen) atoms. The monoisotopic (exact) mass is 249 g/mol. The van der Waals surface area contributed by atoms with Gasteiger partial charge in [0.2, 0.25) is 0 Å². The van der Waals surface area contributed by atoms with Crippen molar-refractivity contribution in [3.63, 3.8) is 0 Å². The lowest BCUT2D eigenvalue weighted by Gasteiger charge is -2.26. The molecule has 2 nitrogen and oxygen atoms in total. The van der Waals surface area contributed by atoms with Crippen LogP contribution in [0.1, 0.15) is 43.4 Å². The first-order chi connectivity index (χ1) is 8.47. The zero-order valence-corrected chi connectivity index (χ0v) is 12.2. The van der Waals surface area contributed by atoms with Gasteiger partial charge in [0, 0.05) is 18.6 Å². The smallest absolute Gasteiger partial charge is 0.0431 e. The molecule has 2 heteroatoms. The van der Waals surface area contributed by atoms with E-state index in [2.05, 4.69) is 51.2 Å². The largest absolute Gasteiger partial charge is 0.396 e. The number of hydrogen-bond donors (Lipinski definition) is 2. The molecule has 0 amide bonds. The van der Waals surface area contributed by atoms with Crippen LogP contribution in [0.4, 0.5) is 0 Å². The van der Waals surface area contributed by atoms with Crippen LogP contribution in [-0.4, -0.2) is 24.8 Å². The molecule has 0 aromatic heterocycles. The van der Waals surface area contributed by atoms with Gasteiger partial charge in [0.25, 0.3) is 0 Å². The summed E-state index contributed by atoms with van der Waals surface area (Å²) < 4.78 is 0. The van der Waals surface area contributed by atoms with Gasteiger partial charge in [-0.1, -0.05) is 32.0 Å². The zero-order chi connectivity index (χ0) is 13.6. The number of aryl methyl sites for hydroxylation is 2. The number of aliphatic hydroxyl groups is 1. The standard InChI is InChI=1S/C16H27NO/c1-13-7-8-15(11-14(13)2)16(3,4)12-17-9-5-6-10-18/h7-8,11,17-18H,5-6,9-10,12H2,1-4H3. The van der Waals surface area contributed by atoms with Crippen molar-refractivity contribution in [1.29, 1.82) is 0 Å². The Balaban J connectivity index is 2.54. The fourth-order valence-corrected chi connectivity index (χ4v) is 2.03. The van der Waals surface area contributed by atoms with Gasteiger partial charge in [-0.2, -0.15) is 0 Å². The van der Waals surface area contributed by atoms with E-state index in [4.69, 9.17) is 5.11 Å². The lowest BCUT2D eigenvalue weighted by Crippen LogP contribution is -2.33. The Labute approximate surface area is 111 Å². The van der Waals surface area contributed by atoms with Crippen molar-refractivity contribution in [1.82, 2.24) is 5.32 Å². The molecule has 0 saturated carbocycles. The molecule has 0 bridgehead atoms. The van der Waals surface area contributed by atoms with E-state index in [0.29, 0.717) is 6.61 Å². The number of rotatable bonds is 7. The lowest BCUT2D eigenvalue weighted by molar-refractivity contribution is 0.283. The minimum absolute atomic E-state index is 0.150. The molecule has 102 valence electrons. The van der Waals surface area contributed by atoms with Gasteiger partial charge in [-0.15, -0.1) is 0 Å². The second kappa shape index (κ2) is 6.91. The van der Waals surface area contributed by atoms with E-state index >= 15 is 0 Å². The van der Waals surface area contributed by atoms with Crippen LogP contribution < -0.4 is 5.32 Å². The van der Waals surface area contributed by atoms with E-state index in [1.165, 1.54) is 16.7 Å². The topological polar surface area (TPSA) is 32.3 Å². The summed E-state index contributed by atoms with van der Waals surface area (Å²) in [4.78, 5) is 0. The van der Waals surface area contributed by atoms with Crippen LogP contribution in [0.15, 0.2) is 18.2 Å². The quantitative estimate of drug-likeness (QED) is 0.728. The first-order valence-electron chi connectivity index (χ1n) is 6.86. The minimum Gasteiger partial charge on any atom is -0.396 e. The van der Waals surface area contributed by atoms with Gasteiger partial charge in [0.1, 0.15) is 0 Å². The Morgan fingerprint density at radius 2 is 1.83 bits per heavy atom. The Hall–Kier alpha value is -0.860. The van der Waals surface area contributed by atoms with Crippen molar-refractivity contribution in [3.8, 4) is 0 Å². The number of unbranched alkanes of at least 4 members (excludes halogenated alkanes) is 1. The molecule has 0 fully saturated rings. The van der Waals surface area contributed by atoms with Crippen molar-refractivity contribution >= 4 is 0 Å². The summed E-state index contributed by atoms with van der Waals surface area (Å²) >= 11 is 0. The maximum absolute atomic E-state index is 8.73. The molecule has 1 rings (SSSR count). The first kappa shape index (κ1) is 15.2. The average molecular weight is 249 g/mol. The average Bonchev–Trinajstić information content (AvgIpc) is 2.32. The summed E-state index contributed by atoms with van der Waals surface area (Å²) in [6, 6.07) is 6.74. The maximum atomic E-state index is 8.73. The van der Waals surface area contributed by atoms with Crippen LogP contribution in [-0.2, 0) is 5.41 Å². The van der Waals surface area contributed by atoms with Gasteiger partial charge < -0.3 is 10.4 Å². The van der Waals surface area contributed by atoms with Gasteiger partial charge >= 0.3 is 0 Å². The normalized spacial score (nSPS) is 11.8. The van der Waals surface area contributed by atoms with E-state index in [0.717, 1.165) is 25.9 Å². The SMILES string of the molecule is Cc1ccc(C(C)(C)CNCCCCO)cc1C. The van der Waals surface area contributed by atoms with Crippen molar-refractivity contribution in [2.45, 2.75) is 46.0 Å². The van der Waals surface area contributed by atoms with E-state index in [-0.39, 0.29) is 5.41 Å². The van der Waals surface area contributed by atoms with Crippen LogP contribution >= 0.6 is 0 Å². The van der Waals surface area contributed by atoms with E-state index < -0.39 is 0 Å². The molecule has 1 aromatic rings. The maximum Gasteiger partial charge on any atom is 0.0431 e. The summed E-state index contributed by atoms with van der Waals surface area (Å²) in [7, 11) is 0. The summed E-state index contributed by atoms with van der Waals surface area (Å²) in [5.41, 5.74) is 4.25. The van der Waals surface area contributed by atoms with Crippen molar-refractivity contribution < 1.29 is 5.11 Å². The molecular weight excluding hydrogens is 222 g/mol. The summed E-state index contributed by atoms with van der Waals surface area (Å²) in [5, 5.41) is 12.2. The Morgan fingerprint density at radius 3 is 2.44 bits per heavy atom. The molecule has 0 aliphatic carbocycles. The fraction of sp³-hybridized carbons (Fsp3) is 0.625. The molecule has 0 atom stereocenters. The number of aliphatic hydroxyl groups excluding tert-OH is 1. The second-order valence-electron chi connectivity index (χ2n) is 5.79. The molecule has 0 aliphatic rings. The van der Waals surface area contributed by atoms with Crippen molar-refractivity contribution in [3.05, 3.63) is 34.9 Å². The molecule has 0 heterocycles. The molecule has 0 unspecified atom stereocenters. The van der Waals surface area contributed by atoms with Crippen LogP contribution in [0.2, 0.25) is 0 Å². The first-order valence-corrected chi connectivity index (χ1v) is 6.86. The molecule has 0 radical (unpaired) electrons. The van der Waals surface area contributed by atoms with E-state index in [1.54, 1.807) is 0 Å². The van der Waals surface area contributed by atoms with Gasteiger partial charge in [-0.3, -0.25) is 0 Å². The molecule has 0 aliphatic heterocycles. The van der Waals surface area contributed by atoms with Crippen LogP contribution in [0, 0.1) is 13.8 Å². The van der Waals surface area contributed by atoms with Gasteiger partial charge in [0.15, 0.2) is 0 Å². The Kier molecular flexibility index (Phi) is 5.83. The molecule has 0 spiro atoms. The van der Waals surface area contributed by atoms with Crippen molar-refractivity contribution in [2.75, 3.05) is 19.7 Å². The van der Waals surface area contributed by atoms with Crippen LogP contribution in [0.3, 0.4) is 0 Å². The Morgan fingerprint density at radius 1 is 1.11 bits per heavy atom. The predicted octanol–water partition coefficient (Wildman–Crippen LogP) is 2.94. The number of nitrogens with one attached hydrogen (secondary N) is 1. The molecule has 2 N–H and O–H groups in total. The van der Waals surface area contributed by atoms with E-state index in [1.807, 2.05) is 0 Å². The predicted molar refractivity (Wildman–Crippen MR) is 78.1 cm³/mol. The highest BCUT2D eigenvalue weighted by molar-refractivity contribution is 5.34. The third-order valence-corrected chi connectivity index (χ3v) is 3.62. The number of benzene rings is 1. The second-order valence-corrected chi connectivity index (χ2v) is 5.79.